The predicted octanol–water partition coefficient (Wildman–Crippen LogP) is 4.14. The molecule has 2 aromatic rings. The van der Waals surface area contributed by atoms with Crippen LogP contribution in [0.2, 0.25) is 0 Å². The van der Waals surface area contributed by atoms with Crippen molar-refractivity contribution in [2.24, 2.45) is 5.92 Å². The van der Waals surface area contributed by atoms with Gasteiger partial charge in [0.05, 0.1) is 0 Å². The third-order valence-electron chi connectivity index (χ3n) is 4.52. The predicted molar refractivity (Wildman–Crippen MR) is 97.2 cm³/mol. The van der Waals surface area contributed by atoms with Crippen LogP contribution in [-0.4, -0.2) is 19.1 Å². The molecule has 1 saturated heterocycles. The number of nitrogens with two attached hydrogens (primary N) is 1. The summed E-state index contributed by atoms with van der Waals surface area (Å²) in [7, 11) is 0. The summed E-state index contributed by atoms with van der Waals surface area (Å²) >= 11 is 0. The van der Waals surface area contributed by atoms with E-state index in [1.807, 2.05) is 54.6 Å². The Kier molecular flexibility index (Phi) is 5.49. The number of nitrogens with zero attached hydrogens (tertiary/aromatic N) is 1. The van der Waals surface area contributed by atoms with Gasteiger partial charge in [0.25, 0.3) is 0 Å². The SMILES string of the molecule is Nc1ccc(N(C(=O)CCC2CCOCC2)c2ccccc2)cc1. The van der Waals surface area contributed by atoms with Crippen molar-refractivity contribution in [3.8, 4) is 0 Å². The van der Waals surface area contributed by atoms with Gasteiger partial charge in [0.15, 0.2) is 0 Å². The molecule has 126 valence electrons. The molecule has 4 heteroatoms. The van der Waals surface area contributed by atoms with Crippen molar-refractivity contribution in [2.45, 2.75) is 25.7 Å². The molecule has 0 aliphatic carbocycles. The van der Waals surface area contributed by atoms with Crippen LogP contribution in [0, 0.1) is 5.92 Å². The van der Waals surface area contributed by atoms with Gasteiger partial charge in [-0.05, 0) is 61.6 Å². The normalized spacial score (nSPS) is 15.2. The number of hydrogen-bond acceptors (Lipinski definition) is 3. The molecule has 0 bridgehead atoms. The Bertz CT molecular complexity index is 649. The molecule has 24 heavy (non-hydrogen) atoms. The lowest BCUT2D eigenvalue weighted by molar-refractivity contribution is -0.118. The fourth-order valence-corrected chi connectivity index (χ4v) is 3.11. The Morgan fingerprint density at radius 3 is 2.29 bits per heavy atom. The minimum Gasteiger partial charge on any atom is -0.399 e. The second kappa shape index (κ2) is 7.97. The molecule has 0 unspecified atom stereocenters. The van der Waals surface area contributed by atoms with E-state index in [4.69, 9.17) is 10.5 Å². The summed E-state index contributed by atoms with van der Waals surface area (Å²) in [5.74, 6) is 0.712. The summed E-state index contributed by atoms with van der Waals surface area (Å²) in [4.78, 5) is 14.7. The summed E-state index contributed by atoms with van der Waals surface area (Å²) in [5.41, 5.74) is 8.22. The average Bonchev–Trinajstić information content (AvgIpc) is 2.64. The van der Waals surface area contributed by atoms with Crippen molar-refractivity contribution < 1.29 is 9.53 Å². The Labute approximate surface area is 143 Å². The fraction of sp³-hybridized carbons (Fsp3) is 0.350. The number of anilines is 3. The Balaban J connectivity index is 1.76. The lowest BCUT2D eigenvalue weighted by Gasteiger charge is -2.26. The van der Waals surface area contributed by atoms with Crippen molar-refractivity contribution in [1.29, 1.82) is 0 Å². The number of benzene rings is 2. The van der Waals surface area contributed by atoms with E-state index in [1.165, 1.54) is 0 Å². The third-order valence-corrected chi connectivity index (χ3v) is 4.52. The smallest absolute Gasteiger partial charge is 0.231 e. The fourth-order valence-electron chi connectivity index (χ4n) is 3.11. The van der Waals surface area contributed by atoms with E-state index in [0.717, 1.165) is 43.9 Å². The maximum absolute atomic E-state index is 12.9. The number of rotatable bonds is 5. The van der Waals surface area contributed by atoms with E-state index in [1.54, 1.807) is 4.90 Å². The van der Waals surface area contributed by atoms with Crippen molar-refractivity contribution in [1.82, 2.24) is 0 Å². The topological polar surface area (TPSA) is 55.6 Å². The van der Waals surface area contributed by atoms with Gasteiger partial charge in [-0.2, -0.15) is 0 Å². The molecule has 1 aliphatic rings. The minimum absolute atomic E-state index is 0.123. The Hall–Kier alpha value is -2.33. The van der Waals surface area contributed by atoms with Crippen molar-refractivity contribution in [3.63, 3.8) is 0 Å². The maximum atomic E-state index is 12.9. The molecule has 1 amide bonds. The molecular formula is C20H24N2O2. The molecule has 0 radical (unpaired) electrons. The van der Waals surface area contributed by atoms with Gasteiger partial charge in [-0.15, -0.1) is 0 Å². The zero-order chi connectivity index (χ0) is 16.8. The van der Waals surface area contributed by atoms with Gasteiger partial charge in [-0.3, -0.25) is 9.69 Å². The minimum atomic E-state index is 0.123. The van der Waals surface area contributed by atoms with Gasteiger partial charge in [-0.25, -0.2) is 0 Å². The maximum Gasteiger partial charge on any atom is 0.231 e. The van der Waals surface area contributed by atoms with Crippen LogP contribution in [0.15, 0.2) is 54.6 Å². The lowest BCUT2D eigenvalue weighted by atomic mass is 9.94. The largest absolute Gasteiger partial charge is 0.399 e. The van der Waals surface area contributed by atoms with E-state index < -0.39 is 0 Å². The van der Waals surface area contributed by atoms with E-state index >= 15 is 0 Å². The van der Waals surface area contributed by atoms with Crippen LogP contribution in [0.25, 0.3) is 0 Å². The molecule has 3 rings (SSSR count). The first kappa shape index (κ1) is 16.5. The molecule has 0 aromatic heterocycles. The number of hydrogen-bond donors (Lipinski definition) is 1. The molecule has 1 heterocycles. The van der Waals surface area contributed by atoms with Crippen LogP contribution in [-0.2, 0) is 9.53 Å². The zero-order valence-electron chi connectivity index (χ0n) is 13.9. The monoisotopic (exact) mass is 324 g/mol. The molecule has 0 spiro atoms. The van der Waals surface area contributed by atoms with Gasteiger partial charge in [-0.1, -0.05) is 18.2 Å². The second-order valence-corrected chi connectivity index (χ2v) is 6.25. The van der Waals surface area contributed by atoms with E-state index in [9.17, 15) is 4.79 Å². The highest BCUT2D eigenvalue weighted by atomic mass is 16.5. The number of amides is 1. The molecule has 1 fully saturated rings. The van der Waals surface area contributed by atoms with Gasteiger partial charge < -0.3 is 10.5 Å². The highest BCUT2D eigenvalue weighted by Gasteiger charge is 2.20. The van der Waals surface area contributed by atoms with Crippen LogP contribution < -0.4 is 10.6 Å². The number of para-hydroxylation sites is 1. The second-order valence-electron chi connectivity index (χ2n) is 6.25. The lowest BCUT2D eigenvalue weighted by Crippen LogP contribution is -2.27. The van der Waals surface area contributed by atoms with Crippen LogP contribution in [0.5, 0.6) is 0 Å². The van der Waals surface area contributed by atoms with Crippen LogP contribution in [0.1, 0.15) is 25.7 Å². The Morgan fingerprint density at radius 1 is 1.00 bits per heavy atom. The van der Waals surface area contributed by atoms with Gasteiger partial charge >= 0.3 is 0 Å². The zero-order valence-corrected chi connectivity index (χ0v) is 13.9. The first-order valence-electron chi connectivity index (χ1n) is 8.55. The first-order chi connectivity index (χ1) is 11.7. The molecule has 4 nitrogen and oxygen atoms in total. The summed E-state index contributed by atoms with van der Waals surface area (Å²) < 4.78 is 5.40. The summed E-state index contributed by atoms with van der Waals surface area (Å²) in [5, 5.41) is 0. The van der Waals surface area contributed by atoms with Gasteiger partial charge in [0.2, 0.25) is 5.91 Å². The van der Waals surface area contributed by atoms with Crippen LogP contribution >= 0.6 is 0 Å². The molecule has 2 N–H and O–H groups in total. The standard InChI is InChI=1S/C20H24N2O2/c21-17-7-9-19(10-8-17)22(18-4-2-1-3-5-18)20(23)11-6-16-12-14-24-15-13-16/h1-5,7-10,16H,6,11-15,21H2. The van der Waals surface area contributed by atoms with Gasteiger partial charge in [0, 0.05) is 36.7 Å². The summed E-state index contributed by atoms with van der Waals surface area (Å²) in [6.45, 7) is 1.64. The van der Waals surface area contributed by atoms with Crippen LogP contribution in [0.3, 0.4) is 0 Å². The number of nitrogen functional groups attached to an aromatic ring is 1. The average molecular weight is 324 g/mol. The summed E-state index contributed by atoms with van der Waals surface area (Å²) in [6, 6.07) is 17.2. The number of carbonyl (C=O) groups is 1. The highest BCUT2D eigenvalue weighted by molar-refractivity contribution is 6.00. The molecule has 2 aromatic carbocycles. The van der Waals surface area contributed by atoms with E-state index in [-0.39, 0.29) is 5.91 Å². The van der Waals surface area contributed by atoms with E-state index in [2.05, 4.69) is 0 Å². The molecule has 0 saturated carbocycles. The first-order valence-corrected chi connectivity index (χ1v) is 8.55. The van der Waals surface area contributed by atoms with Crippen molar-refractivity contribution in [3.05, 3.63) is 54.6 Å². The van der Waals surface area contributed by atoms with Crippen molar-refractivity contribution >= 4 is 23.0 Å². The molecule has 1 aliphatic heterocycles. The number of carbonyl (C=O) groups excluding carboxylic acids is 1. The van der Waals surface area contributed by atoms with Crippen LogP contribution in [0.4, 0.5) is 17.1 Å². The number of ether oxygens (including phenoxy) is 1. The highest BCUT2D eigenvalue weighted by Crippen LogP contribution is 2.28. The molecular weight excluding hydrogens is 300 g/mol. The Morgan fingerprint density at radius 2 is 1.62 bits per heavy atom. The summed E-state index contributed by atoms with van der Waals surface area (Å²) in [6.07, 6.45) is 3.57. The molecule has 0 atom stereocenters. The van der Waals surface area contributed by atoms with E-state index in [0.29, 0.717) is 18.0 Å². The third kappa shape index (κ3) is 4.15. The quantitative estimate of drug-likeness (QED) is 0.841. The van der Waals surface area contributed by atoms with Gasteiger partial charge in [0.1, 0.15) is 0 Å². The van der Waals surface area contributed by atoms with Crippen molar-refractivity contribution in [2.75, 3.05) is 23.8 Å².